The maximum absolute atomic E-state index is 6.46. The van der Waals surface area contributed by atoms with E-state index in [2.05, 4.69) is 30.9 Å². The van der Waals surface area contributed by atoms with Gasteiger partial charge in [0, 0.05) is 18.6 Å². The van der Waals surface area contributed by atoms with Gasteiger partial charge in [-0.3, -0.25) is 0 Å². The summed E-state index contributed by atoms with van der Waals surface area (Å²) in [6.45, 7) is 7.63. The van der Waals surface area contributed by atoms with Gasteiger partial charge < -0.3 is 10.6 Å². The Bertz CT molecular complexity index is 425. The lowest BCUT2D eigenvalue weighted by Gasteiger charge is -2.27. The Labute approximate surface area is 121 Å². The minimum Gasteiger partial charge on any atom is -0.367 e. The Morgan fingerprint density at radius 2 is 2.00 bits per heavy atom. The first kappa shape index (κ1) is 14.7. The molecule has 0 radical (unpaired) electrons. The Kier molecular flexibility index (Phi) is 4.75. The number of anilines is 1. The molecule has 1 atom stereocenters. The highest BCUT2D eigenvalue weighted by Gasteiger charge is 2.30. The van der Waals surface area contributed by atoms with E-state index in [1.54, 1.807) is 0 Å². The third-order valence-corrected chi connectivity index (χ3v) is 4.04. The Balaban J connectivity index is 2.17. The predicted octanol–water partition coefficient (Wildman–Crippen LogP) is 4.37. The summed E-state index contributed by atoms with van der Waals surface area (Å²) in [6, 6.07) is 7.00. The van der Waals surface area contributed by atoms with Crippen molar-refractivity contribution in [3.63, 3.8) is 0 Å². The minimum atomic E-state index is 0.0385. The normalized spacial score (nSPS) is 16.7. The number of hydrogen-bond acceptors (Lipinski definition) is 2. The van der Waals surface area contributed by atoms with E-state index in [-0.39, 0.29) is 6.04 Å². The zero-order chi connectivity index (χ0) is 14.0. The van der Waals surface area contributed by atoms with Gasteiger partial charge in [-0.1, -0.05) is 31.5 Å². The molecule has 2 nitrogen and oxygen atoms in total. The van der Waals surface area contributed by atoms with Gasteiger partial charge in [0.25, 0.3) is 0 Å². The van der Waals surface area contributed by atoms with Crippen molar-refractivity contribution in [2.45, 2.75) is 52.1 Å². The smallest absolute Gasteiger partial charge is 0.0642 e. The maximum Gasteiger partial charge on any atom is 0.0642 e. The van der Waals surface area contributed by atoms with Gasteiger partial charge >= 0.3 is 0 Å². The van der Waals surface area contributed by atoms with E-state index in [0.717, 1.165) is 23.0 Å². The van der Waals surface area contributed by atoms with Crippen LogP contribution in [0.25, 0.3) is 0 Å². The molecule has 1 aromatic carbocycles. The van der Waals surface area contributed by atoms with Crippen LogP contribution < -0.4 is 10.6 Å². The van der Waals surface area contributed by atoms with Gasteiger partial charge in [-0.25, -0.2) is 0 Å². The molecule has 2 N–H and O–H groups in total. The highest BCUT2D eigenvalue weighted by Crippen LogP contribution is 2.37. The second-order valence-corrected chi connectivity index (χ2v) is 6.51. The third-order valence-electron chi connectivity index (χ3n) is 3.74. The van der Waals surface area contributed by atoms with Crippen LogP contribution in [0.2, 0.25) is 5.02 Å². The van der Waals surface area contributed by atoms with Crippen LogP contribution in [0.3, 0.4) is 0 Å². The molecule has 3 heteroatoms. The molecule has 0 bridgehead atoms. The molecular formula is C16H25ClN2. The molecule has 2 rings (SSSR count). The first-order chi connectivity index (χ1) is 8.99. The predicted molar refractivity (Wildman–Crippen MR) is 83.9 cm³/mol. The van der Waals surface area contributed by atoms with Gasteiger partial charge in [0.2, 0.25) is 0 Å². The Hall–Kier alpha value is -0.730. The van der Waals surface area contributed by atoms with Crippen LogP contribution >= 0.6 is 11.6 Å². The van der Waals surface area contributed by atoms with E-state index >= 15 is 0 Å². The summed E-state index contributed by atoms with van der Waals surface area (Å²) < 4.78 is 0. The monoisotopic (exact) mass is 280 g/mol. The number of rotatable bonds is 6. The number of hydrogen-bond donors (Lipinski definition) is 1. The van der Waals surface area contributed by atoms with Gasteiger partial charge in [-0.2, -0.15) is 0 Å². The minimum absolute atomic E-state index is 0.0385. The molecule has 19 heavy (non-hydrogen) atoms. The van der Waals surface area contributed by atoms with Gasteiger partial charge in [0.05, 0.1) is 10.7 Å². The highest BCUT2D eigenvalue weighted by molar-refractivity contribution is 6.33. The van der Waals surface area contributed by atoms with Crippen LogP contribution in [0, 0.1) is 5.92 Å². The molecule has 0 saturated heterocycles. The molecule has 0 heterocycles. The molecule has 0 aliphatic heterocycles. The molecule has 0 unspecified atom stereocenters. The Morgan fingerprint density at radius 1 is 1.32 bits per heavy atom. The first-order valence-electron chi connectivity index (χ1n) is 7.30. The molecule has 0 spiro atoms. The van der Waals surface area contributed by atoms with Gasteiger partial charge in [-0.05, 0) is 49.8 Å². The average Bonchev–Trinajstić information content (AvgIpc) is 3.14. The fourth-order valence-corrected chi connectivity index (χ4v) is 2.62. The molecule has 0 aromatic heterocycles. The summed E-state index contributed by atoms with van der Waals surface area (Å²) in [6.07, 6.45) is 3.80. The van der Waals surface area contributed by atoms with Crippen molar-refractivity contribution in [1.29, 1.82) is 0 Å². The van der Waals surface area contributed by atoms with Crippen LogP contribution in [0.4, 0.5) is 5.69 Å². The molecule has 0 amide bonds. The van der Waals surface area contributed by atoms with E-state index < -0.39 is 0 Å². The molecule has 1 aliphatic rings. The quantitative estimate of drug-likeness (QED) is 0.838. The van der Waals surface area contributed by atoms with E-state index in [1.807, 2.05) is 13.0 Å². The molecule has 1 aliphatic carbocycles. The molecule has 1 aromatic rings. The summed E-state index contributed by atoms with van der Waals surface area (Å²) in [4.78, 5) is 2.48. The van der Waals surface area contributed by atoms with Gasteiger partial charge in [-0.15, -0.1) is 0 Å². The van der Waals surface area contributed by atoms with Crippen molar-refractivity contribution in [2.75, 3.05) is 11.4 Å². The summed E-state index contributed by atoms with van der Waals surface area (Å²) in [7, 11) is 0. The molecule has 106 valence electrons. The third kappa shape index (κ3) is 3.87. The fourth-order valence-electron chi connectivity index (χ4n) is 2.32. The van der Waals surface area contributed by atoms with Gasteiger partial charge in [0.1, 0.15) is 0 Å². The lowest BCUT2D eigenvalue weighted by atomic mass is 10.1. The Morgan fingerprint density at radius 3 is 2.47 bits per heavy atom. The second kappa shape index (κ2) is 6.15. The van der Waals surface area contributed by atoms with Crippen LogP contribution in [0.1, 0.15) is 51.6 Å². The van der Waals surface area contributed by atoms with Crippen molar-refractivity contribution in [2.24, 2.45) is 11.7 Å². The van der Waals surface area contributed by atoms with Crippen molar-refractivity contribution in [3.05, 3.63) is 28.8 Å². The van der Waals surface area contributed by atoms with Crippen molar-refractivity contribution in [3.8, 4) is 0 Å². The first-order valence-corrected chi connectivity index (χ1v) is 7.68. The maximum atomic E-state index is 6.46. The number of nitrogens with zero attached hydrogens (tertiary/aromatic N) is 1. The zero-order valence-electron chi connectivity index (χ0n) is 12.2. The summed E-state index contributed by atoms with van der Waals surface area (Å²) in [5, 5.41) is 0.838. The SMILES string of the molecule is CC(C)CCN(c1ccc([C@@H](C)N)cc1Cl)C1CC1. The standard InChI is InChI=1S/C16H25ClN2/c1-11(2)8-9-19(14-5-6-14)16-7-4-13(12(3)18)10-15(16)17/h4,7,10-12,14H,5-6,8-9,18H2,1-3H3/t12-/m1/s1. The van der Waals surface area contributed by atoms with Crippen LogP contribution in [-0.4, -0.2) is 12.6 Å². The topological polar surface area (TPSA) is 29.3 Å². The van der Waals surface area contributed by atoms with Crippen LogP contribution in [0.5, 0.6) is 0 Å². The number of benzene rings is 1. The van der Waals surface area contributed by atoms with E-state index in [9.17, 15) is 0 Å². The van der Waals surface area contributed by atoms with E-state index in [4.69, 9.17) is 17.3 Å². The summed E-state index contributed by atoms with van der Waals surface area (Å²) in [5.41, 5.74) is 8.19. The second-order valence-electron chi connectivity index (χ2n) is 6.11. The van der Waals surface area contributed by atoms with Gasteiger partial charge in [0.15, 0.2) is 0 Å². The fraction of sp³-hybridized carbons (Fsp3) is 0.625. The lowest BCUT2D eigenvalue weighted by Crippen LogP contribution is -2.28. The lowest BCUT2D eigenvalue weighted by molar-refractivity contribution is 0.571. The number of halogens is 1. The largest absolute Gasteiger partial charge is 0.367 e. The summed E-state index contributed by atoms with van der Waals surface area (Å²) >= 11 is 6.46. The van der Waals surface area contributed by atoms with Crippen molar-refractivity contribution >= 4 is 17.3 Å². The molecule has 1 fully saturated rings. The zero-order valence-corrected chi connectivity index (χ0v) is 13.0. The highest BCUT2D eigenvalue weighted by atomic mass is 35.5. The molecule has 1 saturated carbocycles. The number of nitrogens with two attached hydrogens (primary N) is 1. The average molecular weight is 281 g/mol. The molecular weight excluding hydrogens is 256 g/mol. The van der Waals surface area contributed by atoms with Crippen LogP contribution in [0.15, 0.2) is 18.2 Å². The van der Waals surface area contributed by atoms with Crippen molar-refractivity contribution in [1.82, 2.24) is 0 Å². The van der Waals surface area contributed by atoms with Crippen LogP contribution in [-0.2, 0) is 0 Å². The van der Waals surface area contributed by atoms with E-state index in [0.29, 0.717) is 6.04 Å². The summed E-state index contributed by atoms with van der Waals surface area (Å²) in [5.74, 6) is 0.725. The van der Waals surface area contributed by atoms with Crippen molar-refractivity contribution < 1.29 is 0 Å². The van der Waals surface area contributed by atoms with E-state index in [1.165, 1.54) is 24.9 Å².